The highest BCUT2D eigenvalue weighted by Gasteiger charge is 2.22. The maximum absolute atomic E-state index is 11.6. The fraction of sp³-hybridized carbons (Fsp3) is 0.625. The van der Waals surface area contributed by atoms with E-state index in [-0.39, 0.29) is 11.8 Å². The molecule has 1 atom stereocenters. The van der Waals surface area contributed by atoms with Gasteiger partial charge in [0.25, 0.3) is 0 Å². The first-order valence-corrected chi connectivity index (χ1v) is 4.60. The number of nitrogens with zero attached hydrogens (tertiary/aromatic N) is 2. The fourth-order valence-electron chi connectivity index (χ4n) is 1.43. The second-order valence-electron chi connectivity index (χ2n) is 3.24. The van der Waals surface area contributed by atoms with Crippen molar-refractivity contribution in [1.29, 1.82) is 0 Å². The number of carbonyl (C=O) groups excluding carboxylic acids is 1. The second kappa shape index (κ2) is 4.19. The summed E-state index contributed by atoms with van der Waals surface area (Å²) in [6, 6.07) is 0. The molecule has 1 saturated heterocycles. The normalized spacial score (nSPS) is 21.9. The number of carbonyl (C=O) groups is 1. The Morgan fingerprint density at radius 2 is 2.64 bits per heavy atom. The summed E-state index contributed by atoms with van der Waals surface area (Å²) in [4.78, 5) is 15.4. The number of nitrogens with one attached hydrogen (secondary N) is 2. The Morgan fingerprint density at radius 1 is 1.71 bits per heavy atom. The van der Waals surface area contributed by atoms with Crippen molar-refractivity contribution < 1.29 is 9.53 Å². The van der Waals surface area contributed by atoms with E-state index in [4.69, 9.17) is 4.74 Å². The predicted octanol–water partition coefficient (Wildman–Crippen LogP) is 0.170. The topological polar surface area (TPSA) is 79.9 Å². The first-order chi connectivity index (χ1) is 6.86. The summed E-state index contributed by atoms with van der Waals surface area (Å²) in [5.74, 6) is 0.274. The molecule has 0 bridgehead atoms. The Kier molecular flexibility index (Phi) is 2.73. The SMILES string of the molecule is O=C(Nc1ncn[nH]1)C1CCCOC1. The standard InChI is InChI=1S/C8H12N4O2/c13-7(6-2-1-3-14-4-6)11-8-9-5-10-12-8/h5-6H,1-4H2,(H2,9,10,11,12,13). The third-order valence-corrected chi connectivity index (χ3v) is 2.19. The molecule has 0 radical (unpaired) electrons. The lowest BCUT2D eigenvalue weighted by Crippen LogP contribution is -2.30. The van der Waals surface area contributed by atoms with Crippen LogP contribution in [-0.4, -0.2) is 34.3 Å². The fourth-order valence-corrected chi connectivity index (χ4v) is 1.43. The van der Waals surface area contributed by atoms with E-state index in [1.54, 1.807) is 0 Å². The summed E-state index contributed by atoms with van der Waals surface area (Å²) < 4.78 is 5.22. The van der Waals surface area contributed by atoms with Gasteiger partial charge in [-0.2, -0.15) is 10.1 Å². The minimum absolute atomic E-state index is 0.0542. The molecular formula is C8H12N4O2. The van der Waals surface area contributed by atoms with Crippen LogP contribution in [0.2, 0.25) is 0 Å². The van der Waals surface area contributed by atoms with Gasteiger partial charge in [0.2, 0.25) is 11.9 Å². The lowest BCUT2D eigenvalue weighted by atomic mass is 10.0. The van der Waals surface area contributed by atoms with Crippen molar-refractivity contribution in [3.05, 3.63) is 6.33 Å². The van der Waals surface area contributed by atoms with Crippen molar-refractivity contribution in [2.75, 3.05) is 18.5 Å². The summed E-state index contributed by atoms with van der Waals surface area (Å²) >= 11 is 0. The molecule has 1 aromatic rings. The van der Waals surface area contributed by atoms with Crippen LogP contribution in [0.1, 0.15) is 12.8 Å². The molecule has 1 unspecified atom stereocenters. The Hall–Kier alpha value is -1.43. The molecule has 6 heteroatoms. The lowest BCUT2D eigenvalue weighted by molar-refractivity contribution is -0.123. The number of rotatable bonds is 2. The van der Waals surface area contributed by atoms with Crippen LogP contribution in [0.25, 0.3) is 0 Å². The van der Waals surface area contributed by atoms with E-state index < -0.39 is 0 Å². The molecule has 0 spiro atoms. The molecule has 0 saturated carbocycles. The second-order valence-corrected chi connectivity index (χ2v) is 3.24. The molecule has 1 aliphatic heterocycles. The Labute approximate surface area is 81.1 Å². The van der Waals surface area contributed by atoms with Gasteiger partial charge in [0.05, 0.1) is 12.5 Å². The number of aromatic nitrogens is 3. The largest absolute Gasteiger partial charge is 0.381 e. The summed E-state index contributed by atoms with van der Waals surface area (Å²) in [6.45, 7) is 1.26. The van der Waals surface area contributed by atoms with Gasteiger partial charge in [-0.25, -0.2) is 5.10 Å². The van der Waals surface area contributed by atoms with E-state index in [0.717, 1.165) is 19.4 Å². The maximum atomic E-state index is 11.6. The van der Waals surface area contributed by atoms with Gasteiger partial charge >= 0.3 is 0 Å². The van der Waals surface area contributed by atoms with Crippen LogP contribution in [0.15, 0.2) is 6.33 Å². The van der Waals surface area contributed by atoms with Crippen molar-refractivity contribution in [2.24, 2.45) is 5.92 Å². The van der Waals surface area contributed by atoms with Crippen molar-refractivity contribution in [3.63, 3.8) is 0 Å². The molecule has 0 aliphatic carbocycles. The number of ether oxygens (including phenoxy) is 1. The van der Waals surface area contributed by atoms with Gasteiger partial charge in [-0.05, 0) is 12.8 Å². The molecule has 1 aliphatic rings. The Morgan fingerprint density at radius 3 is 3.29 bits per heavy atom. The van der Waals surface area contributed by atoms with Crippen molar-refractivity contribution in [1.82, 2.24) is 15.2 Å². The van der Waals surface area contributed by atoms with E-state index in [0.29, 0.717) is 12.6 Å². The first kappa shape index (κ1) is 9.14. The van der Waals surface area contributed by atoms with Crippen LogP contribution in [0.4, 0.5) is 5.95 Å². The monoisotopic (exact) mass is 196 g/mol. The Bertz CT molecular complexity index is 292. The molecule has 1 fully saturated rings. The zero-order valence-corrected chi connectivity index (χ0v) is 7.69. The maximum Gasteiger partial charge on any atom is 0.232 e. The van der Waals surface area contributed by atoms with Gasteiger partial charge in [-0.3, -0.25) is 10.1 Å². The highest BCUT2D eigenvalue weighted by Crippen LogP contribution is 2.14. The molecule has 2 N–H and O–H groups in total. The van der Waals surface area contributed by atoms with E-state index in [2.05, 4.69) is 20.5 Å². The van der Waals surface area contributed by atoms with Gasteiger partial charge in [0.1, 0.15) is 6.33 Å². The van der Waals surface area contributed by atoms with Gasteiger partial charge in [-0.1, -0.05) is 0 Å². The number of anilines is 1. The first-order valence-electron chi connectivity index (χ1n) is 4.60. The predicted molar refractivity (Wildman–Crippen MR) is 48.6 cm³/mol. The van der Waals surface area contributed by atoms with Crippen molar-refractivity contribution in [3.8, 4) is 0 Å². The van der Waals surface area contributed by atoms with Crippen LogP contribution < -0.4 is 5.32 Å². The van der Waals surface area contributed by atoms with E-state index in [9.17, 15) is 4.79 Å². The van der Waals surface area contributed by atoms with Crippen LogP contribution in [0.5, 0.6) is 0 Å². The van der Waals surface area contributed by atoms with Crippen LogP contribution >= 0.6 is 0 Å². The molecule has 1 amide bonds. The highest BCUT2D eigenvalue weighted by atomic mass is 16.5. The third kappa shape index (κ3) is 2.08. The summed E-state index contributed by atoms with van der Waals surface area (Å²) in [6.07, 6.45) is 3.17. The average molecular weight is 196 g/mol. The summed E-state index contributed by atoms with van der Waals surface area (Å²) in [7, 11) is 0. The molecule has 0 aromatic carbocycles. The van der Waals surface area contributed by atoms with Crippen LogP contribution in [0, 0.1) is 5.92 Å². The van der Waals surface area contributed by atoms with Crippen LogP contribution in [-0.2, 0) is 9.53 Å². The average Bonchev–Trinajstić information content (AvgIpc) is 2.72. The minimum Gasteiger partial charge on any atom is -0.381 e. The van der Waals surface area contributed by atoms with E-state index in [1.165, 1.54) is 6.33 Å². The number of hydrogen-bond donors (Lipinski definition) is 2. The van der Waals surface area contributed by atoms with Crippen LogP contribution in [0.3, 0.4) is 0 Å². The summed E-state index contributed by atoms with van der Waals surface area (Å²) in [5, 5.41) is 8.86. The number of aromatic amines is 1. The molecule has 2 rings (SSSR count). The molecule has 76 valence electrons. The van der Waals surface area contributed by atoms with Crippen molar-refractivity contribution >= 4 is 11.9 Å². The summed E-state index contributed by atoms with van der Waals surface area (Å²) in [5.41, 5.74) is 0. The number of amides is 1. The van der Waals surface area contributed by atoms with Gasteiger partial charge in [0, 0.05) is 6.61 Å². The smallest absolute Gasteiger partial charge is 0.232 e. The molecule has 14 heavy (non-hydrogen) atoms. The lowest BCUT2D eigenvalue weighted by Gasteiger charge is -2.20. The van der Waals surface area contributed by atoms with Gasteiger partial charge in [0.15, 0.2) is 0 Å². The number of H-pyrrole nitrogens is 1. The molecule has 1 aromatic heterocycles. The zero-order chi connectivity index (χ0) is 9.80. The molecule has 2 heterocycles. The van der Waals surface area contributed by atoms with Gasteiger partial charge < -0.3 is 4.74 Å². The quantitative estimate of drug-likeness (QED) is 0.706. The molecular weight excluding hydrogens is 184 g/mol. The minimum atomic E-state index is -0.0613. The highest BCUT2D eigenvalue weighted by molar-refractivity contribution is 5.90. The van der Waals surface area contributed by atoms with E-state index in [1.807, 2.05) is 0 Å². The third-order valence-electron chi connectivity index (χ3n) is 2.19. The van der Waals surface area contributed by atoms with Gasteiger partial charge in [-0.15, -0.1) is 0 Å². The van der Waals surface area contributed by atoms with Crippen molar-refractivity contribution in [2.45, 2.75) is 12.8 Å². The Balaban J connectivity index is 1.88. The van der Waals surface area contributed by atoms with E-state index >= 15 is 0 Å². The zero-order valence-electron chi connectivity index (χ0n) is 7.69. The number of hydrogen-bond acceptors (Lipinski definition) is 4. The molecule has 6 nitrogen and oxygen atoms in total.